The van der Waals surface area contributed by atoms with Crippen LogP contribution in [-0.2, 0) is 9.59 Å². The quantitative estimate of drug-likeness (QED) is 0.861. The molecule has 3 rings (SSSR count). The number of likely N-dealkylation sites (tertiary alicyclic amines) is 1. The van der Waals surface area contributed by atoms with E-state index in [1.165, 1.54) is 0 Å². The number of nitrogens with zero attached hydrogens (tertiary/aromatic N) is 1. The highest BCUT2D eigenvalue weighted by Crippen LogP contribution is 2.21. The SMILES string of the molecule is Cc1cc(C)cc(C(=O)N2CCC[C@@H]2CNC(=O)[C@H]2CCCC(=O)N2)c1. The summed E-state index contributed by atoms with van der Waals surface area (Å²) in [7, 11) is 0. The van der Waals surface area contributed by atoms with Crippen LogP contribution < -0.4 is 10.6 Å². The standard InChI is InChI=1S/C20H27N3O3/c1-13-9-14(2)11-15(10-13)20(26)23-8-4-5-16(23)12-21-19(25)17-6-3-7-18(24)22-17/h9-11,16-17H,3-8,12H2,1-2H3,(H,21,25)(H,22,24)/t16-,17-/m1/s1. The van der Waals surface area contributed by atoms with Crippen molar-refractivity contribution in [1.29, 1.82) is 0 Å². The third-order valence-corrected chi connectivity index (χ3v) is 5.17. The monoisotopic (exact) mass is 357 g/mol. The van der Waals surface area contributed by atoms with Crippen LogP contribution in [0.1, 0.15) is 53.6 Å². The first-order valence-electron chi connectivity index (χ1n) is 9.40. The van der Waals surface area contributed by atoms with Gasteiger partial charge in [-0.1, -0.05) is 17.2 Å². The van der Waals surface area contributed by atoms with Gasteiger partial charge >= 0.3 is 0 Å². The number of aryl methyl sites for hydroxylation is 2. The normalized spacial score (nSPS) is 22.8. The molecule has 0 aliphatic carbocycles. The third-order valence-electron chi connectivity index (χ3n) is 5.17. The third kappa shape index (κ3) is 4.23. The number of carbonyl (C=O) groups excluding carboxylic acids is 3. The van der Waals surface area contributed by atoms with Crippen LogP contribution in [0.5, 0.6) is 0 Å². The van der Waals surface area contributed by atoms with Gasteiger partial charge in [0.15, 0.2) is 0 Å². The van der Waals surface area contributed by atoms with E-state index in [1.54, 1.807) is 0 Å². The fourth-order valence-electron chi connectivity index (χ4n) is 3.92. The Kier molecular flexibility index (Phi) is 5.59. The second-order valence-electron chi connectivity index (χ2n) is 7.43. The van der Waals surface area contributed by atoms with E-state index in [-0.39, 0.29) is 23.8 Å². The second kappa shape index (κ2) is 7.89. The Morgan fingerprint density at radius 1 is 1.15 bits per heavy atom. The Hall–Kier alpha value is -2.37. The molecule has 2 atom stereocenters. The highest BCUT2D eigenvalue weighted by Gasteiger charge is 2.31. The van der Waals surface area contributed by atoms with Gasteiger partial charge in [-0.3, -0.25) is 14.4 Å². The molecular weight excluding hydrogens is 330 g/mol. The zero-order valence-electron chi connectivity index (χ0n) is 15.5. The van der Waals surface area contributed by atoms with Crippen LogP contribution in [-0.4, -0.2) is 47.8 Å². The molecule has 2 saturated heterocycles. The summed E-state index contributed by atoms with van der Waals surface area (Å²) in [6.07, 6.45) is 3.73. The summed E-state index contributed by atoms with van der Waals surface area (Å²) >= 11 is 0. The van der Waals surface area contributed by atoms with Crippen molar-refractivity contribution in [2.24, 2.45) is 0 Å². The number of piperidine rings is 1. The van der Waals surface area contributed by atoms with Gasteiger partial charge in [-0.15, -0.1) is 0 Å². The molecule has 140 valence electrons. The molecular formula is C20H27N3O3. The first kappa shape index (κ1) is 18.4. The molecule has 6 nitrogen and oxygen atoms in total. The molecule has 2 aliphatic heterocycles. The minimum atomic E-state index is -0.443. The number of nitrogens with one attached hydrogen (secondary N) is 2. The molecule has 0 saturated carbocycles. The number of amides is 3. The van der Waals surface area contributed by atoms with Crippen molar-refractivity contribution in [3.63, 3.8) is 0 Å². The van der Waals surface area contributed by atoms with Crippen molar-refractivity contribution in [1.82, 2.24) is 15.5 Å². The van der Waals surface area contributed by atoms with Crippen molar-refractivity contribution in [3.8, 4) is 0 Å². The maximum absolute atomic E-state index is 12.9. The summed E-state index contributed by atoms with van der Waals surface area (Å²) < 4.78 is 0. The number of benzene rings is 1. The molecule has 2 N–H and O–H groups in total. The predicted octanol–water partition coefficient (Wildman–Crippen LogP) is 1.69. The molecule has 0 spiro atoms. The molecule has 6 heteroatoms. The second-order valence-corrected chi connectivity index (χ2v) is 7.43. The van der Waals surface area contributed by atoms with E-state index in [1.807, 2.05) is 30.9 Å². The Bertz CT molecular complexity index is 696. The highest BCUT2D eigenvalue weighted by molar-refractivity contribution is 5.95. The molecule has 1 aromatic carbocycles. The van der Waals surface area contributed by atoms with E-state index < -0.39 is 6.04 Å². The zero-order chi connectivity index (χ0) is 18.7. The summed E-state index contributed by atoms with van der Waals surface area (Å²) in [4.78, 5) is 38.5. The molecule has 1 aromatic rings. The minimum Gasteiger partial charge on any atom is -0.352 e. The van der Waals surface area contributed by atoms with Crippen LogP contribution in [0, 0.1) is 13.8 Å². The van der Waals surface area contributed by atoms with Crippen LogP contribution in [0.15, 0.2) is 18.2 Å². The Morgan fingerprint density at radius 3 is 2.58 bits per heavy atom. The van der Waals surface area contributed by atoms with Gasteiger partial charge in [0, 0.05) is 31.1 Å². The summed E-state index contributed by atoms with van der Waals surface area (Å²) in [5, 5.41) is 5.66. The molecule has 0 unspecified atom stereocenters. The summed E-state index contributed by atoms with van der Waals surface area (Å²) in [5.41, 5.74) is 2.86. The maximum Gasteiger partial charge on any atom is 0.254 e. The highest BCUT2D eigenvalue weighted by atomic mass is 16.2. The topological polar surface area (TPSA) is 78.5 Å². The molecule has 0 bridgehead atoms. The van der Waals surface area contributed by atoms with Crippen LogP contribution in [0.4, 0.5) is 0 Å². The van der Waals surface area contributed by atoms with Crippen molar-refractivity contribution in [2.45, 2.75) is 58.0 Å². The molecule has 2 fully saturated rings. The Balaban J connectivity index is 1.60. The van der Waals surface area contributed by atoms with Crippen LogP contribution in [0.2, 0.25) is 0 Å². The first-order chi connectivity index (χ1) is 12.4. The summed E-state index contributed by atoms with van der Waals surface area (Å²) in [6, 6.07) is 5.45. The van der Waals surface area contributed by atoms with Gasteiger partial charge in [-0.05, 0) is 51.7 Å². The lowest BCUT2D eigenvalue weighted by molar-refractivity contribution is -0.131. The lowest BCUT2D eigenvalue weighted by atomic mass is 10.0. The van der Waals surface area contributed by atoms with Gasteiger partial charge in [0.05, 0.1) is 0 Å². The van der Waals surface area contributed by atoms with E-state index in [4.69, 9.17) is 0 Å². The van der Waals surface area contributed by atoms with Crippen molar-refractivity contribution >= 4 is 17.7 Å². The zero-order valence-corrected chi connectivity index (χ0v) is 15.5. The van der Waals surface area contributed by atoms with E-state index in [2.05, 4.69) is 16.7 Å². The molecule has 0 radical (unpaired) electrons. The largest absolute Gasteiger partial charge is 0.352 e. The van der Waals surface area contributed by atoms with Gasteiger partial charge < -0.3 is 15.5 Å². The Morgan fingerprint density at radius 2 is 1.88 bits per heavy atom. The molecule has 26 heavy (non-hydrogen) atoms. The minimum absolute atomic E-state index is 0.00607. The molecule has 3 amide bonds. The van der Waals surface area contributed by atoms with Gasteiger partial charge in [-0.2, -0.15) is 0 Å². The fourth-order valence-corrected chi connectivity index (χ4v) is 3.92. The number of rotatable bonds is 4. The van der Waals surface area contributed by atoms with E-state index in [0.29, 0.717) is 31.5 Å². The van der Waals surface area contributed by atoms with Crippen LogP contribution >= 0.6 is 0 Å². The van der Waals surface area contributed by atoms with Crippen LogP contribution in [0.3, 0.4) is 0 Å². The molecule has 2 aliphatic rings. The van der Waals surface area contributed by atoms with E-state index in [9.17, 15) is 14.4 Å². The molecule has 2 heterocycles. The van der Waals surface area contributed by atoms with E-state index >= 15 is 0 Å². The number of carbonyl (C=O) groups is 3. The summed E-state index contributed by atoms with van der Waals surface area (Å²) in [6.45, 7) is 5.13. The fraction of sp³-hybridized carbons (Fsp3) is 0.550. The molecule has 0 aromatic heterocycles. The lowest BCUT2D eigenvalue weighted by Gasteiger charge is -2.27. The van der Waals surface area contributed by atoms with Gasteiger partial charge in [0.1, 0.15) is 6.04 Å². The summed E-state index contributed by atoms with van der Waals surface area (Å²) in [5.74, 6) is -0.188. The Labute approximate surface area is 154 Å². The average molecular weight is 357 g/mol. The number of hydrogen-bond acceptors (Lipinski definition) is 3. The average Bonchev–Trinajstić information content (AvgIpc) is 3.06. The van der Waals surface area contributed by atoms with Crippen LogP contribution in [0.25, 0.3) is 0 Å². The van der Waals surface area contributed by atoms with Crippen molar-refractivity contribution < 1.29 is 14.4 Å². The maximum atomic E-state index is 12.9. The van der Waals surface area contributed by atoms with E-state index in [0.717, 1.165) is 30.4 Å². The van der Waals surface area contributed by atoms with Gasteiger partial charge in [0.25, 0.3) is 5.91 Å². The first-order valence-corrected chi connectivity index (χ1v) is 9.40. The number of hydrogen-bond donors (Lipinski definition) is 2. The van der Waals surface area contributed by atoms with Gasteiger partial charge in [-0.25, -0.2) is 0 Å². The van der Waals surface area contributed by atoms with Crippen molar-refractivity contribution in [3.05, 3.63) is 34.9 Å². The predicted molar refractivity (Wildman–Crippen MR) is 98.8 cm³/mol. The van der Waals surface area contributed by atoms with Crippen molar-refractivity contribution in [2.75, 3.05) is 13.1 Å². The lowest BCUT2D eigenvalue weighted by Crippen LogP contribution is -2.51. The van der Waals surface area contributed by atoms with Gasteiger partial charge in [0.2, 0.25) is 11.8 Å². The smallest absolute Gasteiger partial charge is 0.254 e.